The Balaban J connectivity index is 1.97. The van der Waals surface area contributed by atoms with Crippen LogP contribution in [-0.4, -0.2) is 18.3 Å². The molecule has 1 aliphatic rings. The molecule has 2 heterocycles. The van der Waals surface area contributed by atoms with E-state index in [1.165, 1.54) is 6.26 Å². The van der Waals surface area contributed by atoms with E-state index in [2.05, 4.69) is 5.32 Å². The van der Waals surface area contributed by atoms with E-state index in [1.807, 2.05) is 6.92 Å². The van der Waals surface area contributed by atoms with Crippen molar-refractivity contribution in [2.45, 2.75) is 13.3 Å². The molecule has 0 aliphatic carbocycles. The fourth-order valence-corrected chi connectivity index (χ4v) is 2.20. The molecule has 0 saturated carbocycles. The predicted octanol–water partition coefficient (Wildman–Crippen LogP) is 2.40. The Labute approximate surface area is 115 Å². The molecule has 0 fully saturated rings. The third kappa shape index (κ3) is 2.07. The molecule has 0 unspecified atom stereocenters. The minimum atomic E-state index is -0.223. The topological polar surface area (TPSA) is 68.5 Å². The van der Waals surface area contributed by atoms with E-state index in [0.717, 1.165) is 0 Å². The third-order valence-corrected chi connectivity index (χ3v) is 3.19. The molecule has 20 heavy (non-hydrogen) atoms. The minimum Gasteiger partial charge on any atom is -0.482 e. The molecule has 2 aromatic rings. The van der Waals surface area contributed by atoms with Gasteiger partial charge in [-0.05, 0) is 24.3 Å². The molecule has 5 nitrogen and oxygen atoms in total. The lowest BCUT2D eigenvalue weighted by molar-refractivity contribution is -0.118. The average molecular weight is 271 g/mol. The number of hydrogen-bond donors (Lipinski definition) is 1. The van der Waals surface area contributed by atoms with Gasteiger partial charge < -0.3 is 14.5 Å². The van der Waals surface area contributed by atoms with Gasteiger partial charge in [0, 0.05) is 12.0 Å². The van der Waals surface area contributed by atoms with E-state index in [-0.39, 0.29) is 18.3 Å². The number of nitrogens with one attached hydrogen (secondary N) is 1. The molecule has 0 radical (unpaired) electrons. The molecule has 0 bridgehead atoms. The van der Waals surface area contributed by atoms with Gasteiger partial charge in [0.15, 0.2) is 12.4 Å². The number of amides is 1. The van der Waals surface area contributed by atoms with Gasteiger partial charge in [0.25, 0.3) is 5.91 Å². The molecule has 1 aromatic heterocycles. The number of benzene rings is 1. The summed E-state index contributed by atoms with van der Waals surface area (Å²) in [6, 6.07) is 6.66. The predicted molar refractivity (Wildman–Crippen MR) is 72.1 cm³/mol. The smallest absolute Gasteiger partial charge is 0.262 e. The highest BCUT2D eigenvalue weighted by molar-refractivity contribution is 6.10. The van der Waals surface area contributed by atoms with Gasteiger partial charge in [-0.25, -0.2) is 0 Å². The van der Waals surface area contributed by atoms with Crippen LogP contribution in [0.5, 0.6) is 5.75 Å². The Bertz CT molecular complexity index is 687. The number of rotatable bonds is 3. The summed E-state index contributed by atoms with van der Waals surface area (Å²) in [5.74, 6) is 0.884. The average Bonchev–Trinajstić information content (AvgIpc) is 2.94. The summed E-state index contributed by atoms with van der Waals surface area (Å²) in [6.07, 6.45) is 2.16. The minimum absolute atomic E-state index is 0.00199. The number of aryl methyl sites for hydroxylation is 1. The Hall–Kier alpha value is -2.56. The molecule has 1 aliphatic heterocycles. The van der Waals surface area contributed by atoms with Crippen molar-refractivity contribution in [3.05, 3.63) is 47.4 Å². The molecule has 0 atom stereocenters. The Kier molecular flexibility index (Phi) is 3.02. The summed E-state index contributed by atoms with van der Waals surface area (Å²) < 4.78 is 10.5. The quantitative estimate of drug-likeness (QED) is 0.870. The Morgan fingerprint density at radius 2 is 2.20 bits per heavy atom. The monoisotopic (exact) mass is 271 g/mol. The first-order valence-corrected chi connectivity index (χ1v) is 6.37. The maximum Gasteiger partial charge on any atom is 0.262 e. The number of hydrogen-bond acceptors (Lipinski definition) is 4. The molecule has 0 spiro atoms. The number of anilines is 1. The first kappa shape index (κ1) is 12.5. The van der Waals surface area contributed by atoms with Gasteiger partial charge in [-0.15, -0.1) is 0 Å². The zero-order chi connectivity index (χ0) is 14.1. The van der Waals surface area contributed by atoms with Gasteiger partial charge in [0.1, 0.15) is 11.5 Å². The number of fused-ring (bicyclic) bond motifs is 1. The van der Waals surface area contributed by atoms with Crippen molar-refractivity contribution >= 4 is 17.4 Å². The van der Waals surface area contributed by atoms with Gasteiger partial charge in [0.05, 0.1) is 17.5 Å². The number of carbonyl (C=O) groups is 2. The van der Waals surface area contributed by atoms with Gasteiger partial charge in [-0.2, -0.15) is 0 Å². The Morgan fingerprint density at radius 3 is 3.00 bits per heavy atom. The van der Waals surface area contributed by atoms with Crippen LogP contribution in [0.1, 0.15) is 28.6 Å². The van der Waals surface area contributed by atoms with Gasteiger partial charge in [-0.1, -0.05) is 6.92 Å². The second kappa shape index (κ2) is 4.85. The number of ether oxygens (including phenoxy) is 1. The molecule has 5 heteroatoms. The van der Waals surface area contributed by atoms with Crippen molar-refractivity contribution in [3.8, 4) is 5.75 Å². The van der Waals surface area contributed by atoms with E-state index in [0.29, 0.717) is 34.7 Å². The lowest BCUT2D eigenvalue weighted by Gasteiger charge is -2.18. The number of furan rings is 1. The van der Waals surface area contributed by atoms with Crippen LogP contribution < -0.4 is 10.1 Å². The van der Waals surface area contributed by atoms with Crippen molar-refractivity contribution in [2.75, 3.05) is 11.9 Å². The standard InChI is InChI=1S/C15H13NO4/c1-2-12-10(5-6-19-12)15(18)9-3-4-13-11(7-9)16-14(17)8-20-13/h3-7H,2,8H2,1H3,(H,16,17). The summed E-state index contributed by atoms with van der Waals surface area (Å²) in [7, 11) is 0. The summed E-state index contributed by atoms with van der Waals surface area (Å²) >= 11 is 0. The normalized spacial score (nSPS) is 13.3. The molecule has 1 amide bonds. The number of carbonyl (C=O) groups excluding carboxylic acids is 2. The zero-order valence-electron chi connectivity index (χ0n) is 10.9. The largest absolute Gasteiger partial charge is 0.482 e. The second-order valence-corrected chi connectivity index (χ2v) is 4.49. The van der Waals surface area contributed by atoms with E-state index in [1.54, 1.807) is 24.3 Å². The van der Waals surface area contributed by atoms with Crippen LogP contribution in [0.3, 0.4) is 0 Å². The summed E-state index contributed by atoms with van der Waals surface area (Å²) in [5, 5.41) is 2.69. The van der Waals surface area contributed by atoms with Crippen LogP contribution >= 0.6 is 0 Å². The zero-order valence-corrected chi connectivity index (χ0v) is 10.9. The molecule has 1 N–H and O–H groups in total. The molecule has 0 saturated heterocycles. The molecular formula is C15H13NO4. The fraction of sp³-hybridized carbons (Fsp3) is 0.200. The van der Waals surface area contributed by atoms with E-state index < -0.39 is 0 Å². The summed E-state index contributed by atoms with van der Waals surface area (Å²) in [4.78, 5) is 23.7. The molecule has 3 rings (SSSR count). The van der Waals surface area contributed by atoms with E-state index >= 15 is 0 Å². The van der Waals surface area contributed by atoms with Crippen LogP contribution in [-0.2, 0) is 11.2 Å². The highest BCUT2D eigenvalue weighted by atomic mass is 16.5. The van der Waals surface area contributed by atoms with Crippen LogP contribution in [0.4, 0.5) is 5.69 Å². The highest BCUT2D eigenvalue weighted by Crippen LogP contribution is 2.29. The lowest BCUT2D eigenvalue weighted by atomic mass is 10.0. The van der Waals surface area contributed by atoms with Crippen molar-refractivity contribution in [3.63, 3.8) is 0 Å². The number of ketones is 1. The fourth-order valence-electron chi connectivity index (χ4n) is 2.20. The maximum absolute atomic E-state index is 12.4. The SMILES string of the molecule is CCc1occc1C(=O)c1ccc2c(c1)NC(=O)CO2. The summed E-state index contributed by atoms with van der Waals surface area (Å²) in [6.45, 7) is 1.93. The van der Waals surface area contributed by atoms with Gasteiger partial charge in [-0.3, -0.25) is 9.59 Å². The van der Waals surface area contributed by atoms with Crippen LogP contribution in [0.15, 0.2) is 34.9 Å². The van der Waals surface area contributed by atoms with Crippen molar-refractivity contribution in [1.29, 1.82) is 0 Å². The highest BCUT2D eigenvalue weighted by Gasteiger charge is 2.20. The van der Waals surface area contributed by atoms with Crippen molar-refractivity contribution < 1.29 is 18.7 Å². The third-order valence-electron chi connectivity index (χ3n) is 3.19. The van der Waals surface area contributed by atoms with Crippen LogP contribution in [0.2, 0.25) is 0 Å². The van der Waals surface area contributed by atoms with Crippen molar-refractivity contribution in [1.82, 2.24) is 0 Å². The first-order valence-electron chi connectivity index (χ1n) is 6.37. The molecule has 1 aromatic carbocycles. The lowest BCUT2D eigenvalue weighted by Crippen LogP contribution is -2.25. The van der Waals surface area contributed by atoms with Crippen molar-refractivity contribution in [2.24, 2.45) is 0 Å². The molecule has 102 valence electrons. The van der Waals surface area contributed by atoms with Crippen LogP contribution in [0.25, 0.3) is 0 Å². The van der Waals surface area contributed by atoms with E-state index in [4.69, 9.17) is 9.15 Å². The molecular weight excluding hydrogens is 258 g/mol. The maximum atomic E-state index is 12.4. The summed E-state index contributed by atoms with van der Waals surface area (Å²) in [5.41, 5.74) is 1.56. The van der Waals surface area contributed by atoms with Crippen LogP contribution in [0, 0.1) is 0 Å². The van der Waals surface area contributed by atoms with Gasteiger partial charge in [0.2, 0.25) is 0 Å². The van der Waals surface area contributed by atoms with Gasteiger partial charge >= 0.3 is 0 Å². The van der Waals surface area contributed by atoms with E-state index in [9.17, 15) is 9.59 Å². The second-order valence-electron chi connectivity index (χ2n) is 4.49. The Morgan fingerprint density at radius 1 is 1.35 bits per heavy atom. The first-order chi connectivity index (χ1) is 9.69.